The fourth-order valence-corrected chi connectivity index (χ4v) is 4.08. The fourth-order valence-electron chi connectivity index (χ4n) is 3.43. The van der Waals surface area contributed by atoms with Crippen LogP contribution in [-0.2, 0) is 16.1 Å². The standard InChI is InChI=1S/C21H27N3O2S/c1-15-5-6-19(16(2)12-15)23-20(25)14-24-9-7-17(8-10-24)21(26)22-13-18-4-3-11-27-18/h3-6,11-12,17H,7-10,13-14H2,1-2H3,(H,22,26)(H,23,25). The molecule has 0 unspecified atom stereocenters. The number of amides is 2. The third kappa shape index (κ3) is 5.65. The lowest BCUT2D eigenvalue weighted by molar-refractivity contribution is -0.126. The summed E-state index contributed by atoms with van der Waals surface area (Å²) in [5.41, 5.74) is 3.13. The van der Waals surface area contributed by atoms with Crippen LogP contribution in [0.25, 0.3) is 0 Å². The summed E-state index contributed by atoms with van der Waals surface area (Å²) in [6.07, 6.45) is 1.60. The molecule has 0 bridgehead atoms. The van der Waals surface area contributed by atoms with E-state index in [1.54, 1.807) is 11.3 Å². The maximum Gasteiger partial charge on any atom is 0.238 e. The molecule has 0 atom stereocenters. The zero-order chi connectivity index (χ0) is 19.2. The SMILES string of the molecule is Cc1ccc(NC(=O)CN2CCC(C(=O)NCc3cccs3)CC2)c(C)c1. The van der Waals surface area contributed by atoms with Crippen LogP contribution < -0.4 is 10.6 Å². The van der Waals surface area contributed by atoms with Gasteiger partial charge in [0.1, 0.15) is 0 Å². The van der Waals surface area contributed by atoms with E-state index in [1.807, 2.05) is 43.5 Å². The van der Waals surface area contributed by atoms with E-state index in [0.29, 0.717) is 13.1 Å². The molecule has 0 spiro atoms. The summed E-state index contributed by atoms with van der Waals surface area (Å²) in [6, 6.07) is 10.0. The molecule has 1 aliphatic rings. The van der Waals surface area contributed by atoms with Crippen LogP contribution in [0.15, 0.2) is 35.7 Å². The van der Waals surface area contributed by atoms with Crippen molar-refractivity contribution in [2.24, 2.45) is 5.92 Å². The molecule has 1 aromatic carbocycles. The van der Waals surface area contributed by atoms with E-state index in [2.05, 4.69) is 21.6 Å². The number of anilines is 1. The minimum Gasteiger partial charge on any atom is -0.351 e. The van der Waals surface area contributed by atoms with Crippen molar-refractivity contribution in [3.8, 4) is 0 Å². The van der Waals surface area contributed by atoms with Gasteiger partial charge in [-0.1, -0.05) is 23.8 Å². The fraction of sp³-hybridized carbons (Fsp3) is 0.429. The number of rotatable bonds is 6. The number of carbonyl (C=O) groups is 2. The van der Waals surface area contributed by atoms with Crippen molar-refractivity contribution in [3.63, 3.8) is 0 Å². The van der Waals surface area contributed by atoms with E-state index in [0.717, 1.165) is 37.2 Å². The van der Waals surface area contributed by atoms with Crippen LogP contribution in [0.1, 0.15) is 28.8 Å². The van der Waals surface area contributed by atoms with Crippen LogP contribution in [0.4, 0.5) is 5.69 Å². The Balaban J connectivity index is 1.40. The van der Waals surface area contributed by atoms with Crippen molar-refractivity contribution in [2.45, 2.75) is 33.2 Å². The lowest BCUT2D eigenvalue weighted by atomic mass is 9.96. The first kappa shape index (κ1) is 19.6. The Kier molecular flexibility index (Phi) is 6.63. The zero-order valence-electron chi connectivity index (χ0n) is 16.0. The molecule has 1 saturated heterocycles. The molecule has 0 saturated carbocycles. The van der Waals surface area contributed by atoms with Gasteiger partial charge >= 0.3 is 0 Å². The molecule has 2 amide bonds. The lowest BCUT2D eigenvalue weighted by Gasteiger charge is -2.30. The number of aryl methyl sites for hydroxylation is 2. The van der Waals surface area contributed by atoms with Crippen molar-refractivity contribution in [1.29, 1.82) is 0 Å². The minimum absolute atomic E-state index is 0.00236. The highest BCUT2D eigenvalue weighted by molar-refractivity contribution is 7.09. The molecule has 27 heavy (non-hydrogen) atoms. The summed E-state index contributed by atoms with van der Waals surface area (Å²) in [4.78, 5) is 28.0. The highest BCUT2D eigenvalue weighted by Crippen LogP contribution is 2.19. The maximum atomic E-state index is 12.3. The second kappa shape index (κ2) is 9.15. The monoisotopic (exact) mass is 385 g/mol. The molecule has 1 fully saturated rings. The molecule has 0 aliphatic carbocycles. The van der Waals surface area contributed by atoms with E-state index in [4.69, 9.17) is 0 Å². The second-order valence-corrected chi connectivity index (χ2v) is 8.25. The maximum absolute atomic E-state index is 12.3. The Morgan fingerprint density at radius 1 is 1.19 bits per heavy atom. The van der Waals surface area contributed by atoms with E-state index < -0.39 is 0 Å². The Hall–Kier alpha value is -2.18. The van der Waals surface area contributed by atoms with Crippen molar-refractivity contribution in [3.05, 3.63) is 51.7 Å². The number of nitrogens with zero attached hydrogens (tertiary/aromatic N) is 1. The molecule has 1 aliphatic heterocycles. The molecular weight excluding hydrogens is 358 g/mol. The molecular formula is C21H27N3O2S. The van der Waals surface area contributed by atoms with Crippen LogP contribution in [0.5, 0.6) is 0 Å². The van der Waals surface area contributed by atoms with Crippen LogP contribution >= 0.6 is 11.3 Å². The minimum atomic E-state index is 0.00236. The number of carbonyl (C=O) groups excluding carboxylic acids is 2. The molecule has 6 heteroatoms. The quantitative estimate of drug-likeness (QED) is 0.802. The predicted molar refractivity (Wildman–Crippen MR) is 110 cm³/mol. The first-order valence-corrected chi connectivity index (χ1v) is 10.3. The normalized spacial score (nSPS) is 15.5. The summed E-state index contributed by atoms with van der Waals surface area (Å²) >= 11 is 1.65. The van der Waals surface area contributed by atoms with Crippen molar-refractivity contribution in [1.82, 2.24) is 10.2 Å². The Morgan fingerprint density at radius 2 is 1.96 bits per heavy atom. The summed E-state index contributed by atoms with van der Waals surface area (Å²) in [5, 5.41) is 8.04. The van der Waals surface area contributed by atoms with Gasteiger partial charge in [-0.2, -0.15) is 0 Å². The third-order valence-electron chi connectivity index (χ3n) is 5.00. The highest BCUT2D eigenvalue weighted by atomic mass is 32.1. The van der Waals surface area contributed by atoms with Crippen LogP contribution in [0.3, 0.4) is 0 Å². The number of hydrogen-bond acceptors (Lipinski definition) is 4. The Morgan fingerprint density at radius 3 is 2.63 bits per heavy atom. The molecule has 5 nitrogen and oxygen atoms in total. The van der Waals surface area contributed by atoms with Gasteiger partial charge in [-0.15, -0.1) is 11.3 Å². The smallest absolute Gasteiger partial charge is 0.238 e. The molecule has 0 radical (unpaired) electrons. The largest absolute Gasteiger partial charge is 0.351 e. The molecule has 2 heterocycles. The van der Waals surface area contributed by atoms with E-state index in [9.17, 15) is 9.59 Å². The third-order valence-corrected chi connectivity index (χ3v) is 5.87. The summed E-state index contributed by atoms with van der Waals surface area (Å²) in [6.45, 7) is 6.57. The molecule has 1 aromatic heterocycles. The van der Waals surface area contributed by atoms with Crippen molar-refractivity contribution in [2.75, 3.05) is 25.0 Å². The van der Waals surface area contributed by atoms with Crippen LogP contribution in [0, 0.1) is 19.8 Å². The number of hydrogen-bond donors (Lipinski definition) is 2. The van der Waals surface area contributed by atoms with Crippen LogP contribution in [0.2, 0.25) is 0 Å². The van der Waals surface area contributed by atoms with Gasteiger partial charge in [-0.3, -0.25) is 14.5 Å². The second-order valence-electron chi connectivity index (χ2n) is 7.21. The lowest BCUT2D eigenvalue weighted by Crippen LogP contribution is -2.43. The van der Waals surface area contributed by atoms with Crippen molar-refractivity contribution < 1.29 is 9.59 Å². The summed E-state index contributed by atoms with van der Waals surface area (Å²) in [5.74, 6) is 0.175. The number of piperidine rings is 1. The Labute approximate surface area is 164 Å². The summed E-state index contributed by atoms with van der Waals surface area (Å²) < 4.78 is 0. The number of thiophene rings is 1. The van der Waals surface area contributed by atoms with E-state index in [1.165, 1.54) is 10.4 Å². The average Bonchev–Trinajstić information content (AvgIpc) is 3.16. The first-order valence-electron chi connectivity index (χ1n) is 9.41. The number of benzene rings is 1. The average molecular weight is 386 g/mol. The van der Waals surface area contributed by atoms with Gasteiger partial charge in [-0.25, -0.2) is 0 Å². The van der Waals surface area contributed by atoms with E-state index in [-0.39, 0.29) is 17.7 Å². The number of nitrogens with one attached hydrogen (secondary N) is 2. The molecule has 144 valence electrons. The summed E-state index contributed by atoms with van der Waals surface area (Å²) in [7, 11) is 0. The topological polar surface area (TPSA) is 61.4 Å². The Bertz CT molecular complexity index is 781. The first-order chi connectivity index (χ1) is 13.0. The van der Waals surface area contributed by atoms with Crippen molar-refractivity contribution >= 4 is 28.8 Å². The van der Waals surface area contributed by atoms with Gasteiger partial charge in [0.15, 0.2) is 0 Å². The van der Waals surface area contributed by atoms with Gasteiger partial charge < -0.3 is 10.6 Å². The molecule has 3 rings (SSSR count). The zero-order valence-corrected chi connectivity index (χ0v) is 16.8. The highest BCUT2D eigenvalue weighted by Gasteiger charge is 2.25. The number of likely N-dealkylation sites (tertiary alicyclic amines) is 1. The van der Waals surface area contributed by atoms with Gasteiger partial charge in [0, 0.05) is 16.5 Å². The van der Waals surface area contributed by atoms with Gasteiger partial charge in [0.05, 0.1) is 13.1 Å². The van der Waals surface area contributed by atoms with Gasteiger partial charge in [0.25, 0.3) is 0 Å². The van der Waals surface area contributed by atoms with E-state index >= 15 is 0 Å². The van der Waals surface area contributed by atoms with Gasteiger partial charge in [0.2, 0.25) is 11.8 Å². The molecule has 2 N–H and O–H groups in total. The predicted octanol–water partition coefficient (Wildman–Crippen LogP) is 3.33. The van der Waals surface area contributed by atoms with Gasteiger partial charge in [-0.05, 0) is 62.9 Å². The van der Waals surface area contributed by atoms with Crippen LogP contribution in [-0.4, -0.2) is 36.3 Å². The molecule has 2 aromatic rings.